The minimum atomic E-state index is -2.66. The largest absolute Gasteiger partial charge is 0.371 e. The molecule has 23 heavy (non-hydrogen) atoms. The standard InChI is InChI=1S/C16H25F2N3O2/c1-4-5-6-11-8-21(9-14(23-11)10(2)3)16(22)13-7-12(15(17)18)19-20-13/h7,10-11,14-15H,4-6,8-9H2,1-3H3,(H,19,20)/t11-,14-/m1/s1. The van der Waals surface area contributed by atoms with Crippen molar-refractivity contribution in [2.75, 3.05) is 13.1 Å². The molecule has 0 spiro atoms. The van der Waals surface area contributed by atoms with Gasteiger partial charge in [-0.3, -0.25) is 9.89 Å². The van der Waals surface area contributed by atoms with E-state index in [0.717, 1.165) is 25.3 Å². The van der Waals surface area contributed by atoms with Gasteiger partial charge in [0.1, 0.15) is 5.69 Å². The number of alkyl halides is 2. The molecule has 0 bridgehead atoms. The Bertz CT molecular complexity index is 519. The van der Waals surface area contributed by atoms with Gasteiger partial charge in [-0.25, -0.2) is 8.78 Å². The summed E-state index contributed by atoms with van der Waals surface area (Å²) in [6.07, 6.45) is 0.296. The van der Waals surface area contributed by atoms with E-state index < -0.39 is 6.43 Å². The fourth-order valence-corrected chi connectivity index (χ4v) is 2.72. The minimum absolute atomic E-state index is 0.00596. The molecule has 0 unspecified atom stereocenters. The van der Waals surface area contributed by atoms with Crippen molar-refractivity contribution in [2.45, 2.75) is 58.7 Å². The number of unbranched alkanes of at least 4 members (excludes halogenated alkanes) is 1. The van der Waals surface area contributed by atoms with E-state index in [1.807, 2.05) is 0 Å². The van der Waals surface area contributed by atoms with Gasteiger partial charge in [-0.15, -0.1) is 0 Å². The van der Waals surface area contributed by atoms with E-state index in [1.165, 1.54) is 0 Å². The first-order valence-corrected chi connectivity index (χ1v) is 8.20. The number of hydrogen-bond donors (Lipinski definition) is 1. The van der Waals surface area contributed by atoms with Crippen LogP contribution in [0.1, 0.15) is 62.6 Å². The van der Waals surface area contributed by atoms with Crippen LogP contribution in [0.3, 0.4) is 0 Å². The Balaban J connectivity index is 2.09. The number of amides is 1. The molecule has 5 nitrogen and oxygen atoms in total. The SMILES string of the molecule is CCCC[C@@H]1CN(C(=O)c2cc(C(F)F)[nH]n2)C[C@H](C(C)C)O1. The Hall–Kier alpha value is -1.50. The van der Waals surface area contributed by atoms with Crippen LogP contribution < -0.4 is 0 Å². The number of morpholine rings is 1. The Kier molecular flexibility index (Phi) is 6.10. The first-order chi connectivity index (χ1) is 10.9. The lowest BCUT2D eigenvalue weighted by molar-refractivity contribution is -0.0963. The van der Waals surface area contributed by atoms with Gasteiger partial charge < -0.3 is 9.64 Å². The fraction of sp³-hybridized carbons (Fsp3) is 0.750. The van der Waals surface area contributed by atoms with Crippen LogP contribution in [0.25, 0.3) is 0 Å². The quantitative estimate of drug-likeness (QED) is 0.870. The highest BCUT2D eigenvalue weighted by molar-refractivity contribution is 5.92. The van der Waals surface area contributed by atoms with Crippen LogP contribution in [-0.2, 0) is 4.74 Å². The highest BCUT2D eigenvalue weighted by Gasteiger charge is 2.33. The average Bonchev–Trinajstić information content (AvgIpc) is 3.02. The summed E-state index contributed by atoms with van der Waals surface area (Å²) in [5.41, 5.74) is -0.288. The molecular formula is C16H25F2N3O2. The summed E-state index contributed by atoms with van der Waals surface area (Å²) in [5.74, 6) is -0.0332. The number of nitrogens with one attached hydrogen (secondary N) is 1. The third kappa shape index (κ3) is 4.50. The van der Waals surface area contributed by atoms with E-state index >= 15 is 0 Å². The van der Waals surface area contributed by atoms with Crippen LogP contribution in [0.2, 0.25) is 0 Å². The molecule has 2 atom stereocenters. The predicted molar refractivity (Wildman–Crippen MR) is 82.5 cm³/mol. The maximum absolute atomic E-state index is 12.6. The molecule has 2 heterocycles. The van der Waals surface area contributed by atoms with Crippen LogP contribution in [0.5, 0.6) is 0 Å². The highest BCUT2D eigenvalue weighted by Crippen LogP contribution is 2.23. The molecule has 1 aliphatic heterocycles. The summed E-state index contributed by atoms with van der Waals surface area (Å²) in [5, 5.41) is 5.96. The summed E-state index contributed by atoms with van der Waals surface area (Å²) in [6, 6.07) is 1.13. The van der Waals surface area contributed by atoms with Crippen LogP contribution in [0, 0.1) is 5.92 Å². The first kappa shape index (κ1) is 17.8. The maximum atomic E-state index is 12.6. The molecular weight excluding hydrogens is 304 g/mol. The second-order valence-corrected chi connectivity index (χ2v) is 6.40. The third-order valence-corrected chi connectivity index (χ3v) is 4.15. The molecule has 1 amide bonds. The number of ether oxygens (including phenoxy) is 1. The van der Waals surface area contributed by atoms with Crippen molar-refractivity contribution in [2.24, 2.45) is 5.92 Å². The summed E-state index contributed by atoms with van der Waals surface area (Å²) >= 11 is 0. The molecule has 0 aliphatic carbocycles. The van der Waals surface area contributed by atoms with Gasteiger partial charge >= 0.3 is 0 Å². The molecule has 1 saturated heterocycles. The molecule has 1 aromatic rings. The summed E-state index contributed by atoms with van der Waals surface area (Å²) in [6.45, 7) is 7.17. The fourth-order valence-electron chi connectivity index (χ4n) is 2.72. The Labute approximate surface area is 135 Å². The van der Waals surface area contributed by atoms with Gasteiger partial charge in [0.2, 0.25) is 0 Å². The highest BCUT2D eigenvalue weighted by atomic mass is 19.3. The van der Waals surface area contributed by atoms with Crippen molar-refractivity contribution < 1.29 is 18.3 Å². The van der Waals surface area contributed by atoms with Crippen molar-refractivity contribution in [3.8, 4) is 0 Å². The zero-order chi connectivity index (χ0) is 17.0. The van der Waals surface area contributed by atoms with Gasteiger partial charge in [-0.1, -0.05) is 33.6 Å². The summed E-state index contributed by atoms with van der Waals surface area (Å²) in [7, 11) is 0. The molecule has 2 rings (SSSR count). The van der Waals surface area contributed by atoms with Gasteiger partial charge in [0.15, 0.2) is 5.69 Å². The zero-order valence-corrected chi connectivity index (χ0v) is 13.9. The molecule has 1 N–H and O–H groups in total. The van der Waals surface area contributed by atoms with Crippen molar-refractivity contribution in [1.29, 1.82) is 0 Å². The van der Waals surface area contributed by atoms with E-state index in [4.69, 9.17) is 4.74 Å². The number of aromatic amines is 1. The summed E-state index contributed by atoms with van der Waals surface area (Å²) < 4.78 is 31.3. The van der Waals surface area contributed by atoms with Crippen molar-refractivity contribution in [3.05, 3.63) is 17.5 Å². The molecule has 1 aliphatic rings. The van der Waals surface area contributed by atoms with Gasteiger partial charge in [-0.2, -0.15) is 5.10 Å². The number of rotatable bonds is 6. The van der Waals surface area contributed by atoms with Gasteiger partial charge in [-0.05, 0) is 18.4 Å². The lowest BCUT2D eigenvalue weighted by Gasteiger charge is -2.39. The molecule has 7 heteroatoms. The van der Waals surface area contributed by atoms with E-state index in [2.05, 4.69) is 31.0 Å². The van der Waals surface area contributed by atoms with E-state index in [1.54, 1.807) is 4.90 Å². The van der Waals surface area contributed by atoms with Crippen molar-refractivity contribution >= 4 is 5.91 Å². The smallest absolute Gasteiger partial charge is 0.279 e. The topological polar surface area (TPSA) is 58.2 Å². The maximum Gasteiger partial charge on any atom is 0.279 e. The van der Waals surface area contributed by atoms with Crippen LogP contribution >= 0.6 is 0 Å². The molecule has 0 saturated carbocycles. The first-order valence-electron chi connectivity index (χ1n) is 8.20. The number of halogens is 2. The predicted octanol–water partition coefficient (Wildman–Crippen LogP) is 3.40. The number of carbonyl (C=O) groups excluding carboxylic acids is 1. The monoisotopic (exact) mass is 329 g/mol. The number of hydrogen-bond acceptors (Lipinski definition) is 3. The Morgan fingerprint density at radius 2 is 2.22 bits per heavy atom. The number of H-pyrrole nitrogens is 1. The molecule has 1 aromatic heterocycles. The van der Waals surface area contributed by atoms with Gasteiger partial charge in [0, 0.05) is 13.1 Å². The van der Waals surface area contributed by atoms with Gasteiger partial charge in [0.25, 0.3) is 12.3 Å². The number of carbonyl (C=O) groups is 1. The normalized spacial score (nSPS) is 22.1. The van der Waals surface area contributed by atoms with E-state index in [0.29, 0.717) is 13.1 Å². The molecule has 130 valence electrons. The third-order valence-electron chi connectivity index (χ3n) is 4.15. The van der Waals surface area contributed by atoms with E-state index in [-0.39, 0.29) is 35.4 Å². The zero-order valence-electron chi connectivity index (χ0n) is 13.9. The lowest BCUT2D eigenvalue weighted by atomic mass is 10.0. The minimum Gasteiger partial charge on any atom is -0.371 e. The van der Waals surface area contributed by atoms with Crippen molar-refractivity contribution in [1.82, 2.24) is 15.1 Å². The molecule has 0 aromatic carbocycles. The number of nitrogens with zero attached hydrogens (tertiary/aromatic N) is 2. The van der Waals surface area contributed by atoms with Gasteiger partial charge in [0.05, 0.1) is 12.2 Å². The lowest BCUT2D eigenvalue weighted by Crippen LogP contribution is -2.51. The second-order valence-electron chi connectivity index (χ2n) is 6.40. The van der Waals surface area contributed by atoms with Crippen LogP contribution in [0.15, 0.2) is 6.07 Å². The van der Waals surface area contributed by atoms with Crippen LogP contribution in [-0.4, -0.2) is 46.3 Å². The Morgan fingerprint density at radius 1 is 1.48 bits per heavy atom. The second kappa shape index (κ2) is 7.86. The summed E-state index contributed by atoms with van der Waals surface area (Å²) in [4.78, 5) is 14.2. The van der Waals surface area contributed by atoms with Crippen molar-refractivity contribution in [3.63, 3.8) is 0 Å². The number of aromatic nitrogens is 2. The average molecular weight is 329 g/mol. The van der Waals surface area contributed by atoms with Crippen LogP contribution in [0.4, 0.5) is 8.78 Å². The Morgan fingerprint density at radius 3 is 2.78 bits per heavy atom. The molecule has 1 fully saturated rings. The van der Waals surface area contributed by atoms with E-state index in [9.17, 15) is 13.6 Å². The molecule has 0 radical (unpaired) electrons.